The van der Waals surface area contributed by atoms with Crippen molar-refractivity contribution < 1.29 is 8.98 Å². The maximum absolute atomic E-state index is 11.7. The maximum atomic E-state index is 11.7. The Morgan fingerprint density at radius 1 is 1.11 bits per heavy atom. The van der Waals surface area contributed by atoms with Gasteiger partial charge in [0.15, 0.2) is 0 Å². The summed E-state index contributed by atoms with van der Waals surface area (Å²) in [6.07, 6.45) is 6.61. The number of carbonyl (C=O) groups excluding carboxylic acids is 1. The number of hydrogen-bond acceptors (Lipinski definition) is 4. The maximum Gasteiger partial charge on any atom is 0.250 e. The molecule has 0 aromatic carbocycles. The highest BCUT2D eigenvalue weighted by Gasteiger charge is 2.25. The molecular formula is C14H24N2O2S. The van der Waals surface area contributed by atoms with E-state index in [1.165, 1.54) is 37.8 Å². The molecule has 0 atom stereocenters. The first-order valence-corrected chi connectivity index (χ1v) is 7.56. The highest BCUT2D eigenvalue weighted by atomic mass is 32.1. The minimum atomic E-state index is 0.0259. The Morgan fingerprint density at radius 3 is 2.26 bits per heavy atom. The molecule has 0 bridgehead atoms. The molecule has 4 nitrogen and oxygen atoms in total. The number of rotatable bonds is 4. The van der Waals surface area contributed by atoms with Crippen molar-refractivity contribution in [3.8, 4) is 0 Å². The van der Waals surface area contributed by atoms with Crippen molar-refractivity contribution in [2.75, 3.05) is 32.8 Å². The summed E-state index contributed by atoms with van der Waals surface area (Å²) in [6.45, 7) is 7.68. The molecule has 2 rings (SSSR count). The number of nitrogens with zero attached hydrogens (tertiary/aromatic N) is 2. The molecule has 2 fully saturated rings. The van der Waals surface area contributed by atoms with Gasteiger partial charge in [-0.2, -0.15) is 0 Å². The molecule has 1 heterocycles. The van der Waals surface area contributed by atoms with E-state index in [1.54, 1.807) is 0 Å². The van der Waals surface area contributed by atoms with Crippen molar-refractivity contribution in [2.45, 2.75) is 32.1 Å². The smallest absolute Gasteiger partial charge is 0.250 e. The fourth-order valence-electron chi connectivity index (χ4n) is 3.08. The van der Waals surface area contributed by atoms with Crippen molar-refractivity contribution in [3.63, 3.8) is 0 Å². The van der Waals surface area contributed by atoms with Crippen LogP contribution in [0.5, 0.6) is 0 Å². The molecular weight excluding hydrogens is 260 g/mol. The van der Waals surface area contributed by atoms with Crippen molar-refractivity contribution in [1.82, 2.24) is 9.80 Å². The summed E-state index contributed by atoms with van der Waals surface area (Å²) in [7, 11) is 0. The van der Waals surface area contributed by atoms with Crippen LogP contribution in [0.1, 0.15) is 32.1 Å². The summed E-state index contributed by atoms with van der Waals surface area (Å²) >= 11 is 3.63. The fraction of sp³-hybridized carbons (Fsp3) is 0.786. The van der Waals surface area contributed by atoms with Crippen molar-refractivity contribution in [1.29, 1.82) is 0 Å². The molecule has 0 N–H and O–H groups in total. The van der Waals surface area contributed by atoms with Gasteiger partial charge in [0.05, 0.1) is 0 Å². The number of thiol groups is 1. The largest absolute Gasteiger partial charge is 0.372 e. The van der Waals surface area contributed by atoms with Crippen LogP contribution in [0.15, 0.2) is 12.3 Å². The Hall–Kier alpha value is -0.680. The molecule has 5 heteroatoms. The number of amides is 1. The monoisotopic (exact) mass is 284 g/mol. The third-order valence-corrected chi connectivity index (χ3v) is 4.43. The second-order valence-corrected chi connectivity index (χ2v) is 5.73. The topological polar surface area (TPSA) is 32.8 Å². The van der Waals surface area contributed by atoms with Crippen LogP contribution in [0.2, 0.25) is 0 Å². The number of hydrogen-bond donors (Lipinski definition) is 1. The Bertz CT molecular complexity index is 321. The first kappa shape index (κ1) is 14.7. The summed E-state index contributed by atoms with van der Waals surface area (Å²) in [6, 6.07) is 0. The van der Waals surface area contributed by atoms with Crippen LogP contribution >= 0.6 is 12.9 Å². The molecule has 0 aromatic rings. The molecule has 0 unspecified atom stereocenters. The van der Waals surface area contributed by atoms with Gasteiger partial charge in [-0.25, -0.2) is 0 Å². The molecule has 2 aliphatic rings. The number of carbonyl (C=O) groups is 1. The van der Waals surface area contributed by atoms with Crippen LogP contribution in [0, 0.1) is 5.92 Å². The van der Waals surface area contributed by atoms with Crippen molar-refractivity contribution in [3.05, 3.63) is 12.3 Å². The van der Waals surface area contributed by atoms with E-state index >= 15 is 0 Å². The Kier molecular flexibility index (Phi) is 5.58. The van der Waals surface area contributed by atoms with E-state index in [2.05, 4.69) is 28.6 Å². The Morgan fingerprint density at radius 2 is 1.68 bits per heavy atom. The SMILES string of the molecule is C=C(C1CCCCC1)N1CCN(C(=O)COS)CC1. The van der Waals surface area contributed by atoms with Gasteiger partial charge in [0.2, 0.25) is 5.91 Å². The van der Waals surface area contributed by atoms with Crippen LogP contribution in [0.3, 0.4) is 0 Å². The first-order valence-electron chi connectivity index (χ1n) is 7.20. The van der Waals surface area contributed by atoms with Crippen LogP contribution in [-0.4, -0.2) is 48.5 Å². The Balaban J connectivity index is 1.79. The number of piperazine rings is 1. The van der Waals surface area contributed by atoms with Crippen LogP contribution in [0.25, 0.3) is 0 Å². The standard InChI is InChI=1S/C14H24N2O2S/c1-12(13-5-3-2-4-6-13)15-7-9-16(10-8-15)14(17)11-18-19/h13,19H,1-11H2. The van der Waals surface area contributed by atoms with E-state index in [4.69, 9.17) is 0 Å². The lowest BCUT2D eigenvalue weighted by molar-refractivity contribution is -0.134. The quantitative estimate of drug-likeness (QED) is 0.634. The summed E-state index contributed by atoms with van der Waals surface area (Å²) in [5, 5.41) is 0. The number of allylic oxidation sites excluding steroid dienone is 1. The van der Waals surface area contributed by atoms with Crippen molar-refractivity contribution >= 4 is 18.8 Å². The second-order valence-electron chi connectivity index (χ2n) is 5.47. The van der Waals surface area contributed by atoms with Gasteiger partial charge in [0, 0.05) is 31.9 Å². The van der Waals surface area contributed by atoms with Gasteiger partial charge in [0.25, 0.3) is 0 Å². The first-order chi connectivity index (χ1) is 9.22. The second kappa shape index (κ2) is 7.20. The van der Waals surface area contributed by atoms with Crippen LogP contribution in [0.4, 0.5) is 0 Å². The van der Waals surface area contributed by atoms with E-state index in [1.807, 2.05) is 4.90 Å². The lowest BCUT2D eigenvalue weighted by atomic mass is 9.86. The molecule has 108 valence electrons. The minimum Gasteiger partial charge on any atom is -0.372 e. The molecule has 19 heavy (non-hydrogen) atoms. The van der Waals surface area contributed by atoms with E-state index in [-0.39, 0.29) is 12.5 Å². The predicted molar refractivity (Wildman–Crippen MR) is 78.8 cm³/mol. The van der Waals surface area contributed by atoms with Gasteiger partial charge >= 0.3 is 0 Å². The fourth-order valence-corrected chi connectivity index (χ4v) is 3.19. The van der Waals surface area contributed by atoms with Crippen LogP contribution in [-0.2, 0) is 8.98 Å². The molecule has 1 saturated carbocycles. The van der Waals surface area contributed by atoms with Crippen LogP contribution < -0.4 is 0 Å². The minimum absolute atomic E-state index is 0.0259. The Labute approximate surface area is 121 Å². The normalized spacial score (nSPS) is 21.5. The zero-order valence-corrected chi connectivity index (χ0v) is 12.4. The molecule has 0 spiro atoms. The van der Waals surface area contributed by atoms with Gasteiger partial charge < -0.3 is 14.0 Å². The average Bonchev–Trinajstić information content (AvgIpc) is 2.48. The summed E-state index contributed by atoms with van der Waals surface area (Å²) < 4.78 is 4.60. The lowest BCUT2D eigenvalue weighted by Gasteiger charge is -2.40. The van der Waals surface area contributed by atoms with Crippen molar-refractivity contribution in [2.24, 2.45) is 5.92 Å². The van der Waals surface area contributed by atoms with E-state index in [9.17, 15) is 4.79 Å². The molecule has 1 aliphatic heterocycles. The van der Waals surface area contributed by atoms with E-state index in [0.717, 1.165) is 26.2 Å². The summed E-state index contributed by atoms with van der Waals surface area (Å²) in [5.41, 5.74) is 1.29. The zero-order chi connectivity index (χ0) is 13.7. The molecule has 1 amide bonds. The van der Waals surface area contributed by atoms with Gasteiger partial charge in [0.1, 0.15) is 6.61 Å². The summed E-state index contributed by atoms with van der Waals surface area (Å²) in [5.74, 6) is 0.690. The molecule has 0 radical (unpaired) electrons. The third-order valence-electron chi connectivity index (χ3n) is 4.30. The highest BCUT2D eigenvalue weighted by molar-refractivity contribution is 7.75. The van der Waals surface area contributed by atoms with Gasteiger partial charge in [-0.3, -0.25) is 4.79 Å². The third kappa shape index (κ3) is 3.89. The average molecular weight is 284 g/mol. The van der Waals surface area contributed by atoms with E-state index < -0.39 is 0 Å². The molecule has 0 aromatic heterocycles. The molecule has 1 saturated heterocycles. The van der Waals surface area contributed by atoms with E-state index in [0.29, 0.717) is 5.92 Å². The lowest BCUT2D eigenvalue weighted by Crippen LogP contribution is -2.49. The zero-order valence-electron chi connectivity index (χ0n) is 11.5. The summed E-state index contributed by atoms with van der Waals surface area (Å²) in [4.78, 5) is 15.9. The van der Waals surface area contributed by atoms with Gasteiger partial charge in [-0.1, -0.05) is 25.8 Å². The van der Waals surface area contributed by atoms with Gasteiger partial charge in [-0.15, -0.1) is 0 Å². The van der Waals surface area contributed by atoms with Gasteiger partial charge in [-0.05, 0) is 31.7 Å². The molecule has 1 aliphatic carbocycles. The predicted octanol–water partition coefficient (Wildman–Crippen LogP) is 2.09. The highest BCUT2D eigenvalue weighted by Crippen LogP contribution is 2.30.